The highest BCUT2D eigenvalue weighted by molar-refractivity contribution is 5.92. The van der Waals surface area contributed by atoms with Gasteiger partial charge in [-0.1, -0.05) is 19.9 Å². The molecule has 0 aliphatic carbocycles. The van der Waals surface area contributed by atoms with Gasteiger partial charge in [-0.3, -0.25) is 4.90 Å². The Hall–Kier alpha value is -2.78. The van der Waals surface area contributed by atoms with Gasteiger partial charge in [0.2, 0.25) is 0 Å². The molecule has 3 atom stereocenters. The van der Waals surface area contributed by atoms with Gasteiger partial charge in [0, 0.05) is 29.7 Å². The third-order valence-corrected chi connectivity index (χ3v) is 6.84. The fourth-order valence-electron chi connectivity index (χ4n) is 5.46. The van der Waals surface area contributed by atoms with Crippen LogP contribution in [0.2, 0.25) is 0 Å². The molecule has 1 N–H and O–H groups in total. The molecule has 0 radical (unpaired) electrons. The van der Waals surface area contributed by atoms with Crippen LogP contribution >= 0.6 is 0 Å². The van der Waals surface area contributed by atoms with Gasteiger partial charge < -0.3 is 14.5 Å². The Kier molecular flexibility index (Phi) is 5.57. The van der Waals surface area contributed by atoms with Crippen LogP contribution < -0.4 is 4.74 Å². The zero-order valence-corrected chi connectivity index (χ0v) is 18.0. The van der Waals surface area contributed by atoms with Crippen molar-refractivity contribution in [3.8, 4) is 11.8 Å². The Morgan fingerprint density at radius 2 is 2.20 bits per heavy atom. The quantitative estimate of drug-likeness (QED) is 0.596. The monoisotopic (exact) mass is 407 g/mol. The standard InChI is InChI=1S/C24H29N3O3/c1-5-6-16-13-27-8-7-17-22-19(9-15(12-25)10-21(22)29-3)26-23(17)20(27)11-18(16)14(2)24(28)30-4/h9-10,16,18,20,26H,2,5-8,11,13H2,1,3-4H3/t16-,18-,20+/m1/s1. The summed E-state index contributed by atoms with van der Waals surface area (Å²) in [5, 5.41) is 10.5. The molecule has 6 nitrogen and oxygen atoms in total. The van der Waals surface area contributed by atoms with Crippen LogP contribution in [0.5, 0.6) is 5.75 Å². The Bertz CT molecular complexity index is 1030. The summed E-state index contributed by atoms with van der Waals surface area (Å²) in [6.45, 7) is 8.23. The molecule has 0 amide bonds. The van der Waals surface area contributed by atoms with E-state index in [0.717, 1.165) is 55.4 Å². The molecule has 1 saturated heterocycles. The van der Waals surface area contributed by atoms with E-state index in [1.807, 2.05) is 12.1 Å². The number of aromatic amines is 1. The predicted octanol–water partition coefficient (Wildman–Crippen LogP) is 4.11. The first-order valence-electron chi connectivity index (χ1n) is 10.7. The van der Waals surface area contributed by atoms with Crippen LogP contribution in [0, 0.1) is 23.2 Å². The molecule has 2 aliphatic rings. The second-order valence-electron chi connectivity index (χ2n) is 8.40. The van der Waals surface area contributed by atoms with Gasteiger partial charge in [-0.25, -0.2) is 4.79 Å². The van der Waals surface area contributed by atoms with E-state index in [0.29, 0.717) is 17.1 Å². The zero-order valence-electron chi connectivity index (χ0n) is 18.0. The third-order valence-electron chi connectivity index (χ3n) is 6.84. The minimum atomic E-state index is -0.303. The van der Waals surface area contributed by atoms with Crippen LogP contribution in [0.15, 0.2) is 24.3 Å². The summed E-state index contributed by atoms with van der Waals surface area (Å²) in [5.74, 6) is 0.948. The average molecular weight is 408 g/mol. The molecule has 1 aromatic carbocycles. The average Bonchev–Trinajstić information content (AvgIpc) is 3.15. The Morgan fingerprint density at radius 3 is 2.87 bits per heavy atom. The number of hydrogen-bond acceptors (Lipinski definition) is 5. The van der Waals surface area contributed by atoms with Crippen molar-refractivity contribution >= 4 is 16.9 Å². The molecule has 2 aliphatic heterocycles. The number of esters is 1. The lowest BCUT2D eigenvalue weighted by atomic mass is 9.73. The lowest BCUT2D eigenvalue weighted by molar-refractivity contribution is -0.137. The molecule has 0 saturated carbocycles. The number of aromatic nitrogens is 1. The van der Waals surface area contributed by atoms with Crippen molar-refractivity contribution in [1.82, 2.24) is 9.88 Å². The molecule has 0 unspecified atom stereocenters. The summed E-state index contributed by atoms with van der Waals surface area (Å²) in [7, 11) is 3.07. The van der Waals surface area contributed by atoms with Gasteiger partial charge in [0.1, 0.15) is 5.75 Å². The Morgan fingerprint density at radius 1 is 1.40 bits per heavy atom. The highest BCUT2D eigenvalue weighted by atomic mass is 16.5. The van der Waals surface area contributed by atoms with E-state index in [2.05, 4.69) is 29.5 Å². The number of nitriles is 1. The van der Waals surface area contributed by atoms with Crippen LogP contribution in [-0.2, 0) is 16.0 Å². The maximum atomic E-state index is 12.3. The molecule has 1 aromatic heterocycles. The minimum Gasteiger partial charge on any atom is -0.496 e. The summed E-state index contributed by atoms with van der Waals surface area (Å²) in [6, 6.07) is 6.11. The molecule has 2 aromatic rings. The van der Waals surface area contributed by atoms with E-state index in [1.165, 1.54) is 18.4 Å². The number of carbonyl (C=O) groups is 1. The topological polar surface area (TPSA) is 78.3 Å². The zero-order chi connectivity index (χ0) is 21.4. The van der Waals surface area contributed by atoms with Gasteiger partial charge in [0.25, 0.3) is 0 Å². The largest absolute Gasteiger partial charge is 0.496 e. The molecular weight excluding hydrogens is 378 g/mol. The first-order valence-corrected chi connectivity index (χ1v) is 10.7. The maximum absolute atomic E-state index is 12.3. The van der Waals surface area contributed by atoms with Crippen LogP contribution in [0.3, 0.4) is 0 Å². The fraction of sp³-hybridized carbons (Fsp3) is 0.500. The third kappa shape index (κ3) is 3.27. The molecule has 3 heterocycles. The van der Waals surface area contributed by atoms with Crippen molar-refractivity contribution in [1.29, 1.82) is 5.26 Å². The maximum Gasteiger partial charge on any atom is 0.333 e. The predicted molar refractivity (Wildman–Crippen MR) is 115 cm³/mol. The number of ether oxygens (including phenoxy) is 2. The number of nitrogens with one attached hydrogen (secondary N) is 1. The van der Waals surface area contributed by atoms with Crippen LogP contribution in [0.1, 0.15) is 49.0 Å². The summed E-state index contributed by atoms with van der Waals surface area (Å²) >= 11 is 0. The highest BCUT2D eigenvalue weighted by Crippen LogP contribution is 2.47. The summed E-state index contributed by atoms with van der Waals surface area (Å²) in [5.41, 5.74) is 4.56. The highest BCUT2D eigenvalue weighted by Gasteiger charge is 2.42. The SMILES string of the molecule is C=C(C(=O)OC)[C@H]1C[C@H]2c3[nH]c4cc(C#N)cc(OC)c4c3CCN2C[C@H]1CCC. The van der Waals surface area contributed by atoms with Crippen LogP contribution in [0.25, 0.3) is 10.9 Å². The molecule has 30 heavy (non-hydrogen) atoms. The lowest BCUT2D eigenvalue weighted by Gasteiger charge is -2.46. The normalized spacial score (nSPS) is 23.3. The fourth-order valence-corrected chi connectivity index (χ4v) is 5.46. The van der Waals surface area contributed by atoms with Crippen molar-refractivity contribution in [2.45, 2.75) is 38.6 Å². The molecule has 6 heteroatoms. The second-order valence-corrected chi connectivity index (χ2v) is 8.40. The van der Waals surface area contributed by atoms with E-state index in [-0.39, 0.29) is 17.9 Å². The number of fused-ring (bicyclic) bond motifs is 5. The molecule has 1 fully saturated rings. The smallest absolute Gasteiger partial charge is 0.333 e. The molecule has 0 spiro atoms. The van der Waals surface area contributed by atoms with Crippen LogP contribution in [-0.4, -0.2) is 43.2 Å². The molecule has 0 bridgehead atoms. The first-order chi connectivity index (χ1) is 14.5. The van der Waals surface area contributed by atoms with E-state index in [9.17, 15) is 10.1 Å². The number of carbonyl (C=O) groups excluding carboxylic acids is 1. The number of piperidine rings is 1. The Balaban J connectivity index is 1.76. The van der Waals surface area contributed by atoms with Crippen molar-refractivity contribution in [2.75, 3.05) is 27.3 Å². The number of benzene rings is 1. The van der Waals surface area contributed by atoms with Crippen molar-refractivity contribution < 1.29 is 14.3 Å². The van der Waals surface area contributed by atoms with Gasteiger partial charge in [-0.2, -0.15) is 5.26 Å². The minimum absolute atomic E-state index is 0.104. The van der Waals surface area contributed by atoms with Gasteiger partial charge in [0.05, 0.1) is 37.4 Å². The second kappa shape index (κ2) is 8.16. The van der Waals surface area contributed by atoms with Gasteiger partial charge >= 0.3 is 5.97 Å². The lowest BCUT2D eigenvalue weighted by Crippen LogP contribution is -2.47. The van der Waals surface area contributed by atoms with Gasteiger partial charge in [0.15, 0.2) is 0 Å². The number of rotatable bonds is 5. The van der Waals surface area contributed by atoms with Crippen molar-refractivity contribution in [3.05, 3.63) is 41.1 Å². The van der Waals surface area contributed by atoms with E-state index in [1.54, 1.807) is 7.11 Å². The number of hydrogen-bond donors (Lipinski definition) is 1. The Labute approximate surface area is 177 Å². The first kappa shape index (κ1) is 20.5. The van der Waals surface area contributed by atoms with Crippen molar-refractivity contribution in [3.63, 3.8) is 0 Å². The van der Waals surface area contributed by atoms with E-state index >= 15 is 0 Å². The number of nitrogens with zero attached hydrogens (tertiary/aromatic N) is 2. The molecular formula is C24H29N3O3. The van der Waals surface area contributed by atoms with E-state index < -0.39 is 0 Å². The number of H-pyrrole nitrogens is 1. The molecule has 158 valence electrons. The number of methoxy groups -OCH3 is 2. The van der Waals surface area contributed by atoms with Crippen molar-refractivity contribution in [2.24, 2.45) is 11.8 Å². The van der Waals surface area contributed by atoms with Gasteiger partial charge in [-0.15, -0.1) is 0 Å². The van der Waals surface area contributed by atoms with Crippen LogP contribution in [0.4, 0.5) is 0 Å². The molecule has 4 rings (SSSR count). The summed E-state index contributed by atoms with van der Waals surface area (Å²) in [6.07, 6.45) is 3.93. The van der Waals surface area contributed by atoms with Gasteiger partial charge in [-0.05, 0) is 48.8 Å². The summed E-state index contributed by atoms with van der Waals surface area (Å²) < 4.78 is 10.6. The summed E-state index contributed by atoms with van der Waals surface area (Å²) in [4.78, 5) is 18.4. The van der Waals surface area contributed by atoms with E-state index in [4.69, 9.17) is 9.47 Å².